The quantitative estimate of drug-likeness (QED) is 0.801. The maximum atomic E-state index is 12.4. The molecule has 1 aliphatic heterocycles. The van der Waals surface area contributed by atoms with Crippen molar-refractivity contribution in [1.82, 2.24) is 4.90 Å². The van der Waals surface area contributed by atoms with Crippen molar-refractivity contribution in [2.75, 3.05) is 30.3 Å². The molecule has 6 heteroatoms. The number of hydrogen-bond acceptors (Lipinski definition) is 3. The van der Waals surface area contributed by atoms with Crippen molar-refractivity contribution in [3.05, 3.63) is 58.6 Å². The number of halogens is 1. The lowest BCUT2D eigenvalue weighted by Crippen LogP contribution is -2.27. The molecular weight excluding hydrogens is 382 g/mol. The Labute approximate surface area is 155 Å². The monoisotopic (exact) mass is 401 g/mol. The molecule has 2 N–H and O–H groups in total. The summed E-state index contributed by atoms with van der Waals surface area (Å²) in [6.45, 7) is 1.78. The average Bonchev–Trinajstić information content (AvgIpc) is 3.14. The number of amides is 2. The van der Waals surface area contributed by atoms with Gasteiger partial charge in [0, 0.05) is 34.5 Å². The Bertz CT molecular complexity index is 773. The molecule has 1 fully saturated rings. The van der Waals surface area contributed by atoms with Gasteiger partial charge in [-0.2, -0.15) is 0 Å². The Morgan fingerprint density at radius 2 is 1.72 bits per heavy atom. The van der Waals surface area contributed by atoms with E-state index in [4.69, 9.17) is 0 Å². The van der Waals surface area contributed by atoms with E-state index in [1.165, 1.54) is 0 Å². The number of carbonyl (C=O) groups is 2. The van der Waals surface area contributed by atoms with Crippen molar-refractivity contribution >= 4 is 39.1 Å². The van der Waals surface area contributed by atoms with Gasteiger partial charge in [-0.15, -0.1) is 0 Å². The molecule has 0 atom stereocenters. The van der Waals surface area contributed by atoms with Crippen molar-refractivity contribution in [3.63, 3.8) is 0 Å². The molecule has 130 valence electrons. The molecule has 1 aliphatic rings. The zero-order valence-corrected chi connectivity index (χ0v) is 15.4. The van der Waals surface area contributed by atoms with Gasteiger partial charge in [0.25, 0.3) is 5.91 Å². The molecule has 0 bridgehead atoms. The number of nitrogens with zero attached hydrogens (tertiary/aromatic N) is 1. The van der Waals surface area contributed by atoms with Gasteiger partial charge in [-0.25, -0.2) is 0 Å². The smallest absolute Gasteiger partial charge is 0.253 e. The van der Waals surface area contributed by atoms with Crippen molar-refractivity contribution in [2.24, 2.45) is 0 Å². The maximum absolute atomic E-state index is 12.4. The molecule has 1 heterocycles. The molecule has 3 rings (SSSR count). The third-order valence-electron chi connectivity index (χ3n) is 4.06. The SMILES string of the molecule is O=C(CNc1cccc(Br)c1)Nc1cccc(C(=O)N2CCCC2)c1. The van der Waals surface area contributed by atoms with Crippen LogP contribution in [0.2, 0.25) is 0 Å². The lowest BCUT2D eigenvalue weighted by molar-refractivity contribution is -0.114. The fraction of sp³-hybridized carbons (Fsp3) is 0.263. The van der Waals surface area contributed by atoms with Crippen molar-refractivity contribution in [2.45, 2.75) is 12.8 Å². The Hall–Kier alpha value is -2.34. The van der Waals surface area contributed by atoms with Crippen LogP contribution in [0, 0.1) is 0 Å². The fourth-order valence-electron chi connectivity index (χ4n) is 2.82. The second-order valence-corrected chi connectivity index (χ2v) is 6.91. The van der Waals surface area contributed by atoms with Gasteiger partial charge in [-0.1, -0.05) is 28.1 Å². The summed E-state index contributed by atoms with van der Waals surface area (Å²) in [6.07, 6.45) is 2.12. The van der Waals surface area contributed by atoms with Gasteiger partial charge in [-0.3, -0.25) is 9.59 Å². The third kappa shape index (κ3) is 4.82. The van der Waals surface area contributed by atoms with Gasteiger partial charge in [0.05, 0.1) is 6.54 Å². The van der Waals surface area contributed by atoms with Crippen LogP contribution < -0.4 is 10.6 Å². The third-order valence-corrected chi connectivity index (χ3v) is 4.56. The Morgan fingerprint density at radius 1 is 1.00 bits per heavy atom. The van der Waals surface area contributed by atoms with Crippen molar-refractivity contribution in [3.8, 4) is 0 Å². The minimum atomic E-state index is -0.161. The van der Waals surface area contributed by atoms with Crippen LogP contribution in [-0.2, 0) is 4.79 Å². The number of rotatable bonds is 5. The predicted octanol–water partition coefficient (Wildman–Crippen LogP) is 3.74. The largest absolute Gasteiger partial charge is 0.376 e. The highest BCUT2D eigenvalue weighted by Gasteiger charge is 2.19. The predicted molar refractivity (Wildman–Crippen MR) is 103 cm³/mol. The molecule has 0 unspecified atom stereocenters. The fourth-order valence-corrected chi connectivity index (χ4v) is 3.22. The van der Waals surface area contributed by atoms with Gasteiger partial charge in [0.2, 0.25) is 5.91 Å². The van der Waals surface area contributed by atoms with Crippen LogP contribution in [0.15, 0.2) is 53.0 Å². The molecule has 2 amide bonds. The molecule has 0 aromatic heterocycles. The Balaban J connectivity index is 1.57. The molecule has 5 nitrogen and oxygen atoms in total. The second kappa shape index (κ2) is 8.16. The van der Waals surface area contributed by atoms with Gasteiger partial charge < -0.3 is 15.5 Å². The Kier molecular flexibility index (Phi) is 5.71. The number of nitrogens with one attached hydrogen (secondary N) is 2. The van der Waals surface area contributed by atoms with E-state index in [9.17, 15) is 9.59 Å². The summed E-state index contributed by atoms with van der Waals surface area (Å²) >= 11 is 3.40. The summed E-state index contributed by atoms with van der Waals surface area (Å²) in [6, 6.07) is 14.7. The van der Waals surface area contributed by atoms with E-state index in [-0.39, 0.29) is 18.4 Å². The summed E-state index contributed by atoms with van der Waals surface area (Å²) in [4.78, 5) is 26.4. The van der Waals surface area contributed by atoms with Gasteiger partial charge in [0.1, 0.15) is 0 Å². The highest BCUT2D eigenvalue weighted by Crippen LogP contribution is 2.17. The van der Waals surface area contributed by atoms with Crippen LogP contribution in [0.5, 0.6) is 0 Å². The summed E-state index contributed by atoms with van der Waals surface area (Å²) in [5.41, 5.74) is 2.10. The standard InChI is InChI=1S/C19H20BrN3O2/c20-15-6-4-7-16(12-15)21-13-18(24)22-17-8-3-5-14(11-17)19(25)23-9-1-2-10-23/h3-8,11-12,21H,1-2,9-10,13H2,(H,22,24). The summed E-state index contributed by atoms with van der Waals surface area (Å²) in [5, 5.41) is 5.90. The molecule has 25 heavy (non-hydrogen) atoms. The van der Waals surface area contributed by atoms with E-state index < -0.39 is 0 Å². The van der Waals surface area contributed by atoms with Gasteiger partial charge in [-0.05, 0) is 49.2 Å². The van der Waals surface area contributed by atoms with E-state index in [1.807, 2.05) is 29.2 Å². The van der Waals surface area contributed by atoms with Crippen LogP contribution in [0.1, 0.15) is 23.2 Å². The van der Waals surface area contributed by atoms with Crippen LogP contribution in [-0.4, -0.2) is 36.3 Å². The number of likely N-dealkylation sites (tertiary alicyclic amines) is 1. The lowest BCUT2D eigenvalue weighted by Gasteiger charge is -2.16. The highest BCUT2D eigenvalue weighted by molar-refractivity contribution is 9.10. The second-order valence-electron chi connectivity index (χ2n) is 5.99. The lowest BCUT2D eigenvalue weighted by atomic mass is 10.1. The number of hydrogen-bond donors (Lipinski definition) is 2. The Morgan fingerprint density at radius 3 is 2.48 bits per heavy atom. The average molecular weight is 402 g/mol. The van der Waals surface area contributed by atoms with Crippen LogP contribution in [0.25, 0.3) is 0 Å². The molecule has 2 aromatic rings. The maximum Gasteiger partial charge on any atom is 0.253 e. The first kappa shape index (κ1) is 17.5. The van der Waals surface area contributed by atoms with Crippen molar-refractivity contribution < 1.29 is 9.59 Å². The first-order valence-corrected chi connectivity index (χ1v) is 9.10. The topological polar surface area (TPSA) is 61.4 Å². The number of anilines is 2. The van der Waals surface area contributed by atoms with Gasteiger partial charge >= 0.3 is 0 Å². The molecule has 1 saturated heterocycles. The van der Waals surface area contributed by atoms with E-state index in [0.29, 0.717) is 11.3 Å². The summed E-state index contributed by atoms with van der Waals surface area (Å²) in [5.74, 6) is -0.133. The normalized spacial score (nSPS) is 13.6. The van der Waals surface area contributed by atoms with Crippen LogP contribution in [0.3, 0.4) is 0 Å². The molecular formula is C19H20BrN3O2. The molecule has 0 aliphatic carbocycles. The van der Waals surface area contributed by atoms with E-state index in [1.54, 1.807) is 24.3 Å². The zero-order chi connectivity index (χ0) is 17.6. The molecule has 2 aromatic carbocycles. The minimum absolute atomic E-state index is 0.0286. The van der Waals surface area contributed by atoms with Crippen LogP contribution in [0.4, 0.5) is 11.4 Å². The first-order chi connectivity index (χ1) is 12.1. The van der Waals surface area contributed by atoms with E-state index in [2.05, 4.69) is 26.6 Å². The molecule has 0 spiro atoms. The highest BCUT2D eigenvalue weighted by atomic mass is 79.9. The van der Waals surface area contributed by atoms with Gasteiger partial charge in [0.15, 0.2) is 0 Å². The zero-order valence-electron chi connectivity index (χ0n) is 13.8. The number of benzene rings is 2. The van der Waals surface area contributed by atoms with Crippen LogP contribution >= 0.6 is 15.9 Å². The summed E-state index contributed by atoms with van der Waals surface area (Å²) in [7, 11) is 0. The molecule has 0 saturated carbocycles. The molecule has 0 radical (unpaired) electrons. The number of carbonyl (C=O) groups excluding carboxylic acids is 2. The van der Waals surface area contributed by atoms with E-state index >= 15 is 0 Å². The van der Waals surface area contributed by atoms with E-state index in [0.717, 1.165) is 36.1 Å². The minimum Gasteiger partial charge on any atom is -0.376 e. The summed E-state index contributed by atoms with van der Waals surface area (Å²) < 4.78 is 0.950. The van der Waals surface area contributed by atoms with Crippen molar-refractivity contribution in [1.29, 1.82) is 0 Å². The first-order valence-electron chi connectivity index (χ1n) is 8.30.